The molecule has 1 unspecified atom stereocenters. The number of unbranched alkanes of at least 4 members (excludes halogenated alkanes) is 2. The summed E-state index contributed by atoms with van der Waals surface area (Å²) in [7, 11) is 0. The Balaban J connectivity index is 0. The largest absolute Gasteiger partial charge is 0.481 e. The first-order valence-electron chi connectivity index (χ1n) is 5.16. The summed E-state index contributed by atoms with van der Waals surface area (Å²) in [6.07, 6.45) is 4.57. The van der Waals surface area contributed by atoms with E-state index in [0.717, 1.165) is 12.8 Å². The highest BCUT2D eigenvalue weighted by Gasteiger charge is 2.32. The van der Waals surface area contributed by atoms with E-state index in [-0.39, 0.29) is 29.0 Å². The maximum absolute atomic E-state index is 10.9. The molecule has 0 aliphatic rings. The number of hydrogen-bond donors (Lipinski definition) is 1. The minimum Gasteiger partial charge on any atom is -0.481 e. The van der Waals surface area contributed by atoms with Crippen LogP contribution in [0.4, 0.5) is 0 Å². The van der Waals surface area contributed by atoms with Crippen molar-refractivity contribution in [3.63, 3.8) is 0 Å². The second-order valence-corrected chi connectivity index (χ2v) is 4.42. The van der Waals surface area contributed by atoms with Crippen LogP contribution in [0.25, 0.3) is 0 Å². The van der Waals surface area contributed by atoms with Crippen molar-refractivity contribution in [2.24, 2.45) is 11.3 Å². The quantitative estimate of drug-likeness (QED) is 0.542. The van der Waals surface area contributed by atoms with Crippen LogP contribution in [-0.4, -0.2) is 34.1 Å². The zero-order chi connectivity index (χ0) is 10.5. The fraction of sp³-hybridized carbons (Fsp3) is 0.909. The van der Waals surface area contributed by atoms with Gasteiger partial charge in [0.15, 0.2) is 0 Å². The van der Waals surface area contributed by atoms with E-state index in [2.05, 4.69) is 6.92 Å². The van der Waals surface area contributed by atoms with Gasteiger partial charge in [-0.1, -0.05) is 33.1 Å². The third-order valence-electron chi connectivity index (χ3n) is 3.02. The molecule has 0 aromatic heterocycles. The van der Waals surface area contributed by atoms with E-state index in [1.54, 1.807) is 0 Å². The Hall–Kier alpha value is 0.236. The van der Waals surface area contributed by atoms with Crippen LogP contribution in [-0.2, 0) is 4.79 Å². The van der Waals surface area contributed by atoms with Crippen molar-refractivity contribution in [3.8, 4) is 0 Å². The molecule has 0 heterocycles. The molecule has 0 bridgehead atoms. The van der Waals surface area contributed by atoms with Crippen LogP contribution >= 0.6 is 0 Å². The second kappa shape index (κ2) is 7.52. The zero-order valence-electron chi connectivity index (χ0n) is 9.26. The zero-order valence-corrected chi connectivity index (χ0v) is 9.26. The lowest BCUT2D eigenvalue weighted by atomic mass is 9.77. The first-order valence-corrected chi connectivity index (χ1v) is 5.16. The molecule has 3 heteroatoms. The van der Waals surface area contributed by atoms with Crippen molar-refractivity contribution in [2.45, 2.75) is 53.4 Å². The van der Waals surface area contributed by atoms with Gasteiger partial charge in [0.05, 0.1) is 5.41 Å². The van der Waals surface area contributed by atoms with Crippen LogP contribution in [0.5, 0.6) is 0 Å². The molecule has 0 saturated carbocycles. The van der Waals surface area contributed by atoms with Gasteiger partial charge < -0.3 is 5.11 Å². The van der Waals surface area contributed by atoms with Crippen molar-refractivity contribution >= 4 is 29.0 Å². The molecule has 0 aliphatic carbocycles. The molecule has 0 amide bonds. The Morgan fingerprint density at radius 2 is 1.86 bits per heavy atom. The lowest BCUT2D eigenvalue weighted by Crippen LogP contribution is -2.31. The minimum atomic E-state index is -0.684. The summed E-state index contributed by atoms with van der Waals surface area (Å²) in [5.41, 5.74) is -0.576. The van der Waals surface area contributed by atoms with Gasteiger partial charge in [-0.2, -0.15) is 0 Å². The van der Waals surface area contributed by atoms with E-state index in [0.29, 0.717) is 0 Å². The summed E-state index contributed by atoms with van der Waals surface area (Å²) in [4.78, 5) is 10.9. The number of rotatable bonds is 6. The van der Waals surface area contributed by atoms with Gasteiger partial charge in [-0.3, -0.25) is 4.79 Å². The molecular formula is C11H24MgO2. The van der Waals surface area contributed by atoms with Crippen molar-refractivity contribution in [3.05, 3.63) is 0 Å². The predicted molar refractivity (Wildman–Crippen MR) is 63.3 cm³/mol. The van der Waals surface area contributed by atoms with Gasteiger partial charge in [-0.05, 0) is 26.2 Å². The summed E-state index contributed by atoms with van der Waals surface area (Å²) in [6.45, 7) is 7.81. The number of carbonyl (C=O) groups is 1. The maximum Gasteiger partial charge on any atom is 0.316 e. The lowest BCUT2D eigenvalue weighted by Gasteiger charge is -2.27. The Morgan fingerprint density at radius 1 is 1.36 bits per heavy atom. The van der Waals surface area contributed by atoms with Crippen LogP contribution in [0.2, 0.25) is 0 Å². The minimum absolute atomic E-state index is 0. The maximum atomic E-state index is 10.9. The third kappa shape index (κ3) is 5.20. The normalized spacial score (nSPS) is 13.1. The molecular weight excluding hydrogens is 188 g/mol. The van der Waals surface area contributed by atoms with E-state index >= 15 is 0 Å². The van der Waals surface area contributed by atoms with Gasteiger partial charge >= 0.3 is 29.0 Å². The first kappa shape index (κ1) is 16.7. The molecule has 1 N–H and O–H groups in total. The van der Waals surface area contributed by atoms with Crippen molar-refractivity contribution in [1.29, 1.82) is 0 Å². The summed E-state index contributed by atoms with van der Waals surface area (Å²) in [5.74, 6) is -0.423. The molecule has 0 fully saturated rings. The number of aliphatic carboxylic acids is 1. The Kier molecular flexibility index (Phi) is 8.95. The van der Waals surface area contributed by atoms with E-state index in [1.807, 2.05) is 20.8 Å². The molecule has 82 valence electrons. The summed E-state index contributed by atoms with van der Waals surface area (Å²) in [5, 5.41) is 8.97. The summed E-state index contributed by atoms with van der Waals surface area (Å²) < 4.78 is 0. The van der Waals surface area contributed by atoms with Gasteiger partial charge in [-0.25, -0.2) is 0 Å². The van der Waals surface area contributed by atoms with Crippen LogP contribution < -0.4 is 0 Å². The van der Waals surface area contributed by atoms with Crippen LogP contribution in [0.1, 0.15) is 53.4 Å². The third-order valence-corrected chi connectivity index (χ3v) is 3.02. The average molecular weight is 213 g/mol. The predicted octanol–water partition coefficient (Wildman–Crippen LogP) is 2.40. The second-order valence-electron chi connectivity index (χ2n) is 4.42. The number of hydrogen-bond acceptors (Lipinski definition) is 1. The van der Waals surface area contributed by atoms with Crippen LogP contribution in [0.15, 0.2) is 0 Å². The molecule has 0 aliphatic heterocycles. The Morgan fingerprint density at radius 3 is 2.21 bits per heavy atom. The van der Waals surface area contributed by atoms with Gasteiger partial charge in [-0.15, -0.1) is 0 Å². The Bertz CT molecular complexity index is 167. The molecule has 0 spiro atoms. The molecule has 1 atom stereocenters. The monoisotopic (exact) mass is 212 g/mol. The molecule has 0 saturated heterocycles. The van der Waals surface area contributed by atoms with Crippen molar-refractivity contribution in [2.75, 3.05) is 0 Å². The van der Waals surface area contributed by atoms with E-state index in [9.17, 15) is 4.79 Å². The molecule has 0 rings (SSSR count). The summed E-state index contributed by atoms with van der Waals surface area (Å²) >= 11 is 0. The van der Waals surface area contributed by atoms with Gasteiger partial charge in [0, 0.05) is 0 Å². The van der Waals surface area contributed by atoms with Gasteiger partial charge in [0.1, 0.15) is 0 Å². The lowest BCUT2D eigenvalue weighted by molar-refractivity contribution is -0.149. The summed E-state index contributed by atoms with van der Waals surface area (Å²) in [6, 6.07) is 0. The topological polar surface area (TPSA) is 37.3 Å². The molecule has 0 aromatic carbocycles. The Labute approximate surface area is 104 Å². The molecule has 0 radical (unpaired) electrons. The van der Waals surface area contributed by atoms with E-state index < -0.39 is 11.4 Å². The van der Waals surface area contributed by atoms with Crippen LogP contribution in [0, 0.1) is 11.3 Å². The van der Waals surface area contributed by atoms with E-state index in [1.165, 1.54) is 12.8 Å². The fourth-order valence-corrected chi connectivity index (χ4v) is 1.27. The fourth-order valence-electron chi connectivity index (χ4n) is 1.27. The average Bonchev–Trinajstić information content (AvgIpc) is 2.04. The standard InChI is InChI=1S/C11H22O2.Mg.2H/c1-5-6-7-8-9(2)11(3,4)10(12)13;;;/h9H,5-8H2,1-4H3,(H,12,13);;;. The molecule has 0 aromatic rings. The van der Waals surface area contributed by atoms with Gasteiger partial charge in [0.25, 0.3) is 0 Å². The highest BCUT2D eigenvalue weighted by atomic mass is 24.3. The first-order chi connectivity index (χ1) is 5.92. The molecule has 14 heavy (non-hydrogen) atoms. The number of carboxylic acids is 1. The molecule has 2 nitrogen and oxygen atoms in total. The SMILES string of the molecule is CCCCCC(C)C(C)(C)C(=O)O.[MgH2]. The van der Waals surface area contributed by atoms with Crippen molar-refractivity contribution < 1.29 is 9.90 Å². The van der Waals surface area contributed by atoms with E-state index in [4.69, 9.17) is 5.11 Å². The van der Waals surface area contributed by atoms with Crippen molar-refractivity contribution in [1.82, 2.24) is 0 Å². The smallest absolute Gasteiger partial charge is 0.316 e. The van der Waals surface area contributed by atoms with Gasteiger partial charge in [0.2, 0.25) is 0 Å². The highest BCUT2D eigenvalue weighted by Crippen LogP contribution is 2.30. The number of carboxylic acid groups (broad SMARTS) is 1. The highest BCUT2D eigenvalue weighted by molar-refractivity contribution is 5.75. The van der Waals surface area contributed by atoms with Crippen LogP contribution in [0.3, 0.4) is 0 Å².